The molecule has 0 fully saturated rings. The Morgan fingerprint density at radius 3 is 2.36 bits per heavy atom. The summed E-state index contributed by atoms with van der Waals surface area (Å²) in [7, 11) is 3.15. The van der Waals surface area contributed by atoms with Crippen LogP contribution in [0.15, 0.2) is 42.0 Å². The van der Waals surface area contributed by atoms with Crippen LogP contribution in [0.2, 0.25) is 0 Å². The Kier molecular flexibility index (Phi) is 8.18. The summed E-state index contributed by atoms with van der Waals surface area (Å²) in [6.07, 6.45) is 2.44. The molecule has 1 atom stereocenters. The summed E-state index contributed by atoms with van der Waals surface area (Å²) in [5.41, 5.74) is 2.59. The number of ether oxygens (including phenoxy) is 6. The van der Waals surface area contributed by atoms with Crippen LogP contribution in [-0.2, 0) is 25.5 Å². The Morgan fingerprint density at radius 2 is 1.67 bits per heavy atom. The van der Waals surface area contributed by atoms with Gasteiger partial charge in [0, 0.05) is 19.8 Å². The van der Waals surface area contributed by atoms with E-state index in [1.54, 1.807) is 14.2 Å². The molecular formula is C25H28O8. The molecule has 3 rings (SSSR count). The fourth-order valence-electron chi connectivity index (χ4n) is 3.49. The highest BCUT2D eigenvalue weighted by molar-refractivity contribution is 5.67. The average molecular weight is 456 g/mol. The quantitative estimate of drug-likeness (QED) is 0.499. The van der Waals surface area contributed by atoms with Gasteiger partial charge in [-0.05, 0) is 47.4 Å². The topological polar surface area (TPSA) is 89.5 Å². The van der Waals surface area contributed by atoms with Crippen molar-refractivity contribution in [1.82, 2.24) is 0 Å². The van der Waals surface area contributed by atoms with E-state index < -0.39 is 5.97 Å². The largest absolute Gasteiger partial charge is 0.493 e. The summed E-state index contributed by atoms with van der Waals surface area (Å²) in [6, 6.07) is 11.2. The van der Waals surface area contributed by atoms with Crippen molar-refractivity contribution in [2.75, 3.05) is 34.2 Å². The van der Waals surface area contributed by atoms with Crippen LogP contribution in [0.3, 0.4) is 0 Å². The zero-order chi connectivity index (χ0) is 23.8. The first-order chi connectivity index (χ1) is 15.9. The van der Waals surface area contributed by atoms with Gasteiger partial charge < -0.3 is 28.4 Å². The van der Waals surface area contributed by atoms with Crippen molar-refractivity contribution in [3.8, 4) is 23.0 Å². The minimum Gasteiger partial charge on any atom is -0.493 e. The van der Waals surface area contributed by atoms with Crippen molar-refractivity contribution >= 4 is 18.0 Å². The average Bonchev–Trinajstić information content (AvgIpc) is 3.27. The lowest BCUT2D eigenvalue weighted by atomic mass is 9.91. The molecule has 0 radical (unpaired) electrons. The summed E-state index contributed by atoms with van der Waals surface area (Å²) in [5.74, 6) is 1.50. The molecule has 0 bridgehead atoms. The van der Waals surface area contributed by atoms with Crippen LogP contribution in [0, 0.1) is 5.92 Å². The van der Waals surface area contributed by atoms with Crippen molar-refractivity contribution in [2.45, 2.75) is 20.3 Å². The van der Waals surface area contributed by atoms with Crippen molar-refractivity contribution in [3.05, 3.63) is 53.1 Å². The Balaban J connectivity index is 1.94. The predicted octanol–water partition coefficient (Wildman–Crippen LogP) is 3.80. The number of methoxy groups -OCH3 is 2. The zero-order valence-electron chi connectivity index (χ0n) is 19.2. The molecule has 0 aliphatic carbocycles. The summed E-state index contributed by atoms with van der Waals surface area (Å²) in [6.45, 7) is 3.08. The second kappa shape index (κ2) is 11.3. The number of esters is 2. The molecule has 0 saturated carbocycles. The van der Waals surface area contributed by atoms with Crippen LogP contribution in [0.25, 0.3) is 6.08 Å². The molecule has 176 valence electrons. The molecule has 33 heavy (non-hydrogen) atoms. The minimum atomic E-state index is -0.399. The Hall–Kier alpha value is -3.68. The maximum Gasteiger partial charge on any atom is 0.302 e. The van der Waals surface area contributed by atoms with E-state index in [-0.39, 0.29) is 31.9 Å². The second-order valence-corrected chi connectivity index (χ2v) is 7.51. The lowest BCUT2D eigenvalue weighted by molar-refractivity contribution is -0.143. The smallest absolute Gasteiger partial charge is 0.302 e. The second-order valence-electron chi connectivity index (χ2n) is 7.51. The Bertz CT molecular complexity index is 1030. The summed E-state index contributed by atoms with van der Waals surface area (Å²) in [4.78, 5) is 23.1. The molecule has 1 aliphatic heterocycles. The lowest BCUT2D eigenvalue weighted by Crippen LogP contribution is -2.21. The van der Waals surface area contributed by atoms with Gasteiger partial charge in [-0.1, -0.05) is 18.2 Å². The number of fused-ring (bicyclic) bond motifs is 1. The Labute approximate surface area is 193 Å². The number of carbonyl (C=O) groups excluding carboxylic acids is 2. The third-order valence-electron chi connectivity index (χ3n) is 5.13. The zero-order valence-corrected chi connectivity index (χ0v) is 19.2. The van der Waals surface area contributed by atoms with Crippen molar-refractivity contribution in [1.29, 1.82) is 0 Å². The number of benzene rings is 2. The monoisotopic (exact) mass is 456 g/mol. The molecule has 0 N–H and O–H groups in total. The first-order valence-electron chi connectivity index (χ1n) is 10.5. The highest BCUT2D eigenvalue weighted by atomic mass is 16.7. The molecule has 0 aromatic heterocycles. The highest BCUT2D eigenvalue weighted by Crippen LogP contribution is 2.34. The van der Waals surface area contributed by atoms with E-state index >= 15 is 0 Å². The molecule has 8 heteroatoms. The van der Waals surface area contributed by atoms with Crippen LogP contribution in [-0.4, -0.2) is 46.2 Å². The van der Waals surface area contributed by atoms with Gasteiger partial charge in [0.1, 0.15) is 6.61 Å². The van der Waals surface area contributed by atoms with Gasteiger partial charge in [-0.15, -0.1) is 0 Å². The molecule has 2 aromatic carbocycles. The van der Waals surface area contributed by atoms with Gasteiger partial charge in [-0.3, -0.25) is 9.59 Å². The molecule has 1 heterocycles. The van der Waals surface area contributed by atoms with Crippen LogP contribution in [0.1, 0.15) is 25.0 Å². The van der Waals surface area contributed by atoms with E-state index in [0.717, 1.165) is 16.7 Å². The third kappa shape index (κ3) is 6.65. The van der Waals surface area contributed by atoms with Gasteiger partial charge in [0.05, 0.1) is 20.8 Å². The fraction of sp³-hybridized carbons (Fsp3) is 0.360. The van der Waals surface area contributed by atoms with Gasteiger partial charge in [-0.2, -0.15) is 0 Å². The van der Waals surface area contributed by atoms with E-state index in [1.807, 2.05) is 42.5 Å². The fourth-order valence-corrected chi connectivity index (χ4v) is 3.49. The molecule has 0 unspecified atom stereocenters. The molecule has 1 aliphatic rings. The number of carbonyl (C=O) groups is 2. The first-order valence-corrected chi connectivity index (χ1v) is 10.5. The van der Waals surface area contributed by atoms with Crippen LogP contribution in [0.5, 0.6) is 23.0 Å². The van der Waals surface area contributed by atoms with Crippen LogP contribution in [0.4, 0.5) is 0 Å². The van der Waals surface area contributed by atoms with Gasteiger partial charge in [-0.25, -0.2) is 0 Å². The van der Waals surface area contributed by atoms with Gasteiger partial charge in [0.2, 0.25) is 6.79 Å². The van der Waals surface area contributed by atoms with E-state index in [0.29, 0.717) is 29.4 Å². The predicted molar refractivity (Wildman–Crippen MR) is 121 cm³/mol. The van der Waals surface area contributed by atoms with E-state index in [1.165, 1.54) is 13.8 Å². The molecule has 0 saturated heterocycles. The molecule has 8 nitrogen and oxygen atoms in total. The van der Waals surface area contributed by atoms with E-state index in [9.17, 15) is 9.59 Å². The Morgan fingerprint density at radius 1 is 0.939 bits per heavy atom. The summed E-state index contributed by atoms with van der Waals surface area (Å²) in [5, 5.41) is 0. The number of rotatable bonds is 10. The van der Waals surface area contributed by atoms with Gasteiger partial charge in [0.25, 0.3) is 0 Å². The van der Waals surface area contributed by atoms with Crippen molar-refractivity contribution in [3.63, 3.8) is 0 Å². The van der Waals surface area contributed by atoms with Crippen molar-refractivity contribution in [2.24, 2.45) is 5.92 Å². The SMILES string of the molecule is COc1ccc(C[C@@H](COC(C)=O)C(=Cc2ccc3c(c2)OCO3)COC(C)=O)cc1OC. The standard InChI is InChI=1S/C25H28O8/c1-16(26)30-13-20(9-18-5-7-22(28-3)24(11-18)29-4)21(14-31-17(2)27)10-19-6-8-23-25(12-19)33-15-32-23/h5-8,10-12,20H,9,13-15H2,1-4H3/t20-/m0/s1. The van der Waals surface area contributed by atoms with Crippen LogP contribution < -0.4 is 18.9 Å². The first kappa shape index (κ1) is 24.0. The van der Waals surface area contributed by atoms with Gasteiger partial charge in [0.15, 0.2) is 23.0 Å². The normalized spacial score (nSPS) is 13.3. The summed E-state index contributed by atoms with van der Waals surface area (Å²) >= 11 is 0. The molecule has 0 amide bonds. The van der Waals surface area contributed by atoms with Crippen molar-refractivity contribution < 1.29 is 38.0 Å². The van der Waals surface area contributed by atoms with E-state index in [2.05, 4.69) is 0 Å². The highest BCUT2D eigenvalue weighted by Gasteiger charge is 2.20. The minimum absolute atomic E-state index is 0.0585. The molecule has 0 spiro atoms. The number of hydrogen-bond acceptors (Lipinski definition) is 8. The van der Waals surface area contributed by atoms with Crippen LogP contribution >= 0.6 is 0 Å². The molecular weight excluding hydrogens is 428 g/mol. The maximum atomic E-state index is 11.6. The van der Waals surface area contributed by atoms with Gasteiger partial charge >= 0.3 is 11.9 Å². The maximum absolute atomic E-state index is 11.6. The van der Waals surface area contributed by atoms with E-state index in [4.69, 9.17) is 28.4 Å². The number of hydrogen-bond donors (Lipinski definition) is 0. The summed E-state index contributed by atoms with van der Waals surface area (Å²) < 4.78 is 32.3. The third-order valence-corrected chi connectivity index (χ3v) is 5.13. The molecule has 2 aromatic rings. The lowest BCUT2D eigenvalue weighted by Gasteiger charge is -2.21.